The van der Waals surface area contributed by atoms with E-state index in [1.807, 2.05) is 0 Å². The average molecular weight is 263 g/mol. The zero-order valence-electron chi connectivity index (χ0n) is 10.0. The second-order valence-corrected chi connectivity index (χ2v) is 6.28. The fraction of sp³-hybridized carbons (Fsp3) is 1.00. The van der Waals surface area contributed by atoms with Gasteiger partial charge in [-0.25, -0.2) is 9.86 Å². The molecule has 6 nitrogen and oxygen atoms in total. The summed E-state index contributed by atoms with van der Waals surface area (Å²) >= 11 is 0. The Morgan fingerprint density at radius 1 is 1.24 bits per heavy atom. The molecule has 0 aromatic carbocycles. The summed E-state index contributed by atoms with van der Waals surface area (Å²) in [6.45, 7) is 3.65. The Morgan fingerprint density at radius 2 is 1.82 bits per heavy atom. The smallest absolute Gasteiger partial charge is 0.274 e. The minimum Gasteiger partial charge on any atom is -0.379 e. The van der Waals surface area contributed by atoms with E-state index in [1.165, 1.54) is 0 Å². The molecule has 1 saturated carbocycles. The normalized spacial score (nSPS) is 26.2. The van der Waals surface area contributed by atoms with Crippen LogP contribution in [0, 0.1) is 0 Å². The molecular weight excluding hydrogens is 242 g/mol. The number of nitrogens with zero attached hydrogens (tertiary/aromatic N) is 1. The number of hydrogen-bond donors (Lipinski definition) is 2. The average Bonchev–Trinajstić information content (AvgIpc) is 2.77. The van der Waals surface area contributed by atoms with Gasteiger partial charge in [-0.05, 0) is 12.8 Å². The lowest BCUT2D eigenvalue weighted by Gasteiger charge is -2.43. The van der Waals surface area contributed by atoms with Crippen LogP contribution in [-0.2, 0) is 14.9 Å². The van der Waals surface area contributed by atoms with Gasteiger partial charge in [0.2, 0.25) is 0 Å². The van der Waals surface area contributed by atoms with Crippen molar-refractivity contribution >= 4 is 10.2 Å². The standard InChI is InChI=1S/C10H21N3O3S/c11-17(14,15)12-9-10(3-1-2-4-10)13-5-7-16-8-6-13/h12H,1-9H2,(H2,11,14,15). The Bertz CT molecular complexity index is 346. The molecule has 3 N–H and O–H groups in total. The van der Waals surface area contributed by atoms with Crippen molar-refractivity contribution in [2.45, 2.75) is 31.2 Å². The Balaban J connectivity index is 2.03. The number of nitrogens with one attached hydrogen (secondary N) is 1. The number of rotatable bonds is 4. The molecule has 0 aromatic heterocycles. The molecule has 17 heavy (non-hydrogen) atoms. The Labute approximate surface area is 103 Å². The van der Waals surface area contributed by atoms with Crippen molar-refractivity contribution in [3.8, 4) is 0 Å². The molecule has 2 rings (SSSR count). The van der Waals surface area contributed by atoms with Crippen LogP contribution in [0.4, 0.5) is 0 Å². The van der Waals surface area contributed by atoms with Crippen molar-refractivity contribution in [2.24, 2.45) is 5.14 Å². The first-order chi connectivity index (χ1) is 8.02. The molecule has 2 fully saturated rings. The predicted octanol–water partition coefficient (Wildman–Crippen LogP) is -0.575. The molecule has 0 radical (unpaired) electrons. The quantitative estimate of drug-likeness (QED) is 0.711. The first kappa shape index (κ1) is 13.2. The van der Waals surface area contributed by atoms with Gasteiger partial charge in [0.05, 0.1) is 13.2 Å². The molecule has 0 unspecified atom stereocenters. The van der Waals surface area contributed by atoms with Crippen LogP contribution in [0.2, 0.25) is 0 Å². The highest BCUT2D eigenvalue weighted by molar-refractivity contribution is 7.87. The molecule has 1 saturated heterocycles. The third kappa shape index (κ3) is 3.38. The highest BCUT2D eigenvalue weighted by atomic mass is 32.2. The van der Waals surface area contributed by atoms with Crippen LogP contribution in [0.15, 0.2) is 0 Å². The number of hydrogen-bond acceptors (Lipinski definition) is 4. The fourth-order valence-electron chi connectivity index (χ4n) is 2.91. The molecule has 2 aliphatic rings. The predicted molar refractivity (Wildman–Crippen MR) is 64.7 cm³/mol. The minimum atomic E-state index is -3.60. The third-order valence-corrected chi connectivity index (χ3v) is 4.37. The van der Waals surface area contributed by atoms with Gasteiger partial charge < -0.3 is 4.74 Å². The van der Waals surface area contributed by atoms with Gasteiger partial charge in [-0.3, -0.25) is 4.90 Å². The zero-order valence-corrected chi connectivity index (χ0v) is 10.8. The van der Waals surface area contributed by atoms with Crippen LogP contribution >= 0.6 is 0 Å². The Kier molecular flexibility index (Phi) is 4.04. The number of morpholine rings is 1. The van der Waals surface area contributed by atoms with Crippen LogP contribution in [0.3, 0.4) is 0 Å². The number of nitrogens with two attached hydrogens (primary N) is 1. The molecule has 0 atom stereocenters. The first-order valence-electron chi connectivity index (χ1n) is 6.12. The second-order valence-electron chi connectivity index (χ2n) is 4.90. The lowest BCUT2D eigenvalue weighted by atomic mass is 9.95. The van der Waals surface area contributed by atoms with Gasteiger partial charge in [-0.1, -0.05) is 12.8 Å². The molecule has 0 spiro atoms. The maximum Gasteiger partial charge on any atom is 0.274 e. The second kappa shape index (κ2) is 5.19. The minimum absolute atomic E-state index is 0.0454. The summed E-state index contributed by atoms with van der Waals surface area (Å²) in [5.41, 5.74) is -0.0454. The van der Waals surface area contributed by atoms with Gasteiger partial charge in [0.1, 0.15) is 0 Å². The molecule has 1 aliphatic heterocycles. The van der Waals surface area contributed by atoms with E-state index in [9.17, 15) is 8.42 Å². The summed E-state index contributed by atoms with van der Waals surface area (Å²) < 4.78 is 29.9. The molecule has 7 heteroatoms. The monoisotopic (exact) mass is 263 g/mol. The Morgan fingerprint density at radius 3 is 2.35 bits per heavy atom. The molecule has 0 bridgehead atoms. The van der Waals surface area contributed by atoms with Crippen molar-refractivity contribution in [1.82, 2.24) is 9.62 Å². The van der Waals surface area contributed by atoms with Crippen LogP contribution in [0.5, 0.6) is 0 Å². The summed E-state index contributed by atoms with van der Waals surface area (Å²) in [5.74, 6) is 0. The van der Waals surface area contributed by atoms with Gasteiger partial charge in [-0.2, -0.15) is 8.42 Å². The summed E-state index contributed by atoms with van der Waals surface area (Å²) in [7, 11) is -3.60. The maximum atomic E-state index is 11.0. The lowest BCUT2D eigenvalue weighted by molar-refractivity contribution is -0.0186. The van der Waals surface area contributed by atoms with E-state index in [2.05, 4.69) is 9.62 Å². The third-order valence-electron chi connectivity index (χ3n) is 3.82. The van der Waals surface area contributed by atoms with E-state index in [4.69, 9.17) is 9.88 Å². The van der Waals surface area contributed by atoms with Gasteiger partial charge in [0.15, 0.2) is 0 Å². The van der Waals surface area contributed by atoms with Gasteiger partial charge >= 0.3 is 0 Å². The van der Waals surface area contributed by atoms with E-state index in [0.717, 1.165) is 52.0 Å². The van der Waals surface area contributed by atoms with E-state index in [1.54, 1.807) is 0 Å². The first-order valence-corrected chi connectivity index (χ1v) is 7.67. The highest BCUT2D eigenvalue weighted by Crippen LogP contribution is 2.35. The summed E-state index contributed by atoms with van der Waals surface area (Å²) in [4.78, 5) is 2.36. The van der Waals surface area contributed by atoms with Crippen LogP contribution in [-0.4, -0.2) is 51.7 Å². The van der Waals surface area contributed by atoms with E-state index >= 15 is 0 Å². The number of ether oxygens (including phenoxy) is 1. The molecule has 0 aromatic rings. The van der Waals surface area contributed by atoms with Crippen molar-refractivity contribution in [2.75, 3.05) is 32.8 Å². The van der Waals surface area contributed by atoms with Crippen LogP contribution < -0.4 is 9.86 Å². The SMILES string of the molecule is NS(=O)(=O)NCC1(N2CCOCC2)CCCC1. The van der Waals surface area contributed by atoms with Crippen molar-refractivity contribution < 1.29 is 13.2 Å². The molecule has 0 amide bonds. The van der Waals surface area contributed by atoms with E-state index < -0.39 is 10.2 Å². The van der Waals surface area contributed by atoms with E-state index in [0.29, 0.717) is 6.54 Å². The zero-order chi connectivity index (χ0) is 12.4. The van der Waals surface area contributed by atoms with Crippen LogP contribution in [0.1, 0.15) is 25.7 Å². The molecular formula is C10H21N3O3S. The van der Waals surface area contributed by atoms with Crippen molar-refractivity contribution in [1.29, 1.82) is 0 Å². The van der Waals surface area contributed by atoms with Crippen molar-refractivity contribution in [3.05, 3.63) is 0 Å². The Hall–Kier alpha value is -0.210. The van der Waals surface area contributed by atoms with Gasteiger partial charge in [0, 0.05) is 25.2 Å². The summed E-state index contributed by atoms with van der Waals surface area (Å²) in [5, 5.41) is 5.02. The molecule has 1 aliphatic carbocycles. The van der Waals surface area contributed by atoms with Gasteiger partial charge in [0.25, 0.3) is 10.2 Å². The van der Waals surface area contributed by atoms with E-state index in [-0.39, 0.29) is 5.54 Å². The maximum absolute atomic E-state index is 11.0. The molecule has 100 valence electrons. The summed E-state index contributed by atoms with van der Waals surface area (Å²) in [6, 6.07) is 0. The highest BCUT2D eigenvalue weighted by Gasteiger charge is 2.40. The fourth-order valence-corrected chi connectivity index (χ4v) is 3.38. The topological polar surface area (TPSA) is 84.7 Å². The van der Waals surface area contributed by atoms with Gasteiger partial charge in [-0.15, -0.1) is 0 Å². The van der Waals surface area contributed by atoms with Crippen molar-refractivity contribution in [3.63, 3.8) is 0 Å². The molecule has 1 heterocycles. The summed E-state index contributed by atoms with van der Waals surface area (Å²) in [6.07, 6.45) is 4.39. The lowest BCUT2D eigenvalue weighted by Crippen LogP contribution is -2.57. The van der Waals surface area contributed by atoms with Crippen LogP contribution in [0.25, 0.3) is 0 Å². The largest absolute Gasteiger partial charge is 0.379 e.